The van der Waals surface area contributed by atoms with Crippen molar-refractivity contribution in [3.05, 3.63) is 65.7 Å². The zero-order valence-electron chi connectivity index (χ0n) is 15.2. The molecule has 0 bridgehead atoms. The van der Waals surface area contributed by atoms with Gasteiger partial charge in [0.2, 0.25) is 0 Å². The van der Waals surface area contributed by atoms with Crippen LogP contribution < -0.4 is 17.1 Å². The topological polar surface area (TPSA) is 29.5 Å². The smallest absolute Gasteiger partial charge is 0.193 e. The van der Waals surface area contributed by atoms with E-state index in [1.54, 1.807) is 0 Å². The maximum atomic E-state index is 12.4. The lowest BCUT2D eigenvalue weighted by atomic mass is 10.0. The van der Waals surface area contributed by atoms with Crippen molar-refractivity contribution in [1.82, 2.24) is 4.90 Å². The summed E-state index contributed by atoms with van der Waals surface area (Å²) in [4.78, 5) is 14.9. The van der Waals surface area contributed by atoms with Gasteiger partial charge < -0.3 is 22.0 Å². The highest BCUT2D eigenvalue weighted by Crippen LogP contribution is 2.16. The fourth-order valence-corrected chi connectivity index (χ4v) is 3.27. The Morgan fingerprint density at radius 1 is 0.846 bits per heavy atom. The summed E-state index contributed by atoms with van der Waals surface area (Å²) in [6.07, 6.45) is 6.35. The molecular weight excluding hydrogens is 346 g/mol. The molecule has 4 heteroatoms. The van der Waals surface area contributed by atoms with Gasteiger partial charge in [0.15, 0.2) is 5.78 Å². The lowest BCUT2D eigenvalue weighted by molar-refractivity contribution is -0.0000128. The zero-order valence-corrected chi connectivity index (χ0v) is 16.0. The third kappa shape index (κ3) is 6.15. The number of hydrogen-bond acceptors (Lipinski definition) is 3. The molecule has 140 valence electrons. The van der Waals surface area contributed by atoms with Crippen molar-refractivity contribution >= 4 is 5.78 Å². The number of piperidine rings is 1. The van der Waals surface area contributed by atoms with E-state index in [1.807, 2.05) is 54.6 Å². The van der Waals surface area contributed by atoms with E-state index in [0.29, 0.717) is 11.1 Å². The molecule has 1 heterocycles. The molecule has 0 unspecified atom stereocenters. The van der Waals surface area contributed by atoms with Gasteiger partial charge in [-0.25, -0.2) is 0 Å². The van der Waals surface area contributed by atoms with Gasteiger partial charge in [-0.05, 0) is 69.6 Å². The van der Waals surface area contributed by atoms with Crippen molar-refractivity contribution < 1.29 is 21.9 Å². The summed E-state index contributed by atoms with van der Waals surface area (Å²) in [6.45, 7) is 4.45. The van der Waals surface area contributed by atoms with E-state index in [9.17, 15) is 4.79 Å². The Bertz CT molecular complexity index is 652. The van der Waals surface area contributed by atoms with Crippen LogP contribution in [0.3, 0.4) is 0 Å². The van der Waals surface area contributed by atoms with Crippen LogP contribution >= 0.6 is 0 Å². The molecule has 0 radical (unpaired) electrons. The first kappa shape index (κ1) is 20.5. The van der Waals surface area contributed by atoms with E-state index < -0.39 is 0 Å². The summed E-state index contributed by atoms with van der Waals surface area (Å²) < 4.78 is 5.81. The number of benzene rings is 2. The van der Waals surface area contributed by atoms with Crippen molar-refractivity contribution in [3.63, 3.8) is 0 Å². The number of ketones is 1. The van der Waals surface area contributed by atoms with Gasteiger partial charge in [-0.3, -0.25) is 4.79 Å². The highest BCUT2D eigenvalue weighted by Gasteiger charge is 2.10. The lowest BCUT2D eigenvalue weighted by Crippen LogP contribution is -3.00. The van der Waals surface area contributed by atoms with Gasteiger partial charge in [0.1, 0.15) is 5.75 Å². The van der Waals surface area contributed by atoms with Crippen molar-refractivity contribution in [1.29, 1.82) is 0 Å². The third-order valence-electron chi connectivity index (χ3n) is 4.74. The van der Waals surface area contributed by atoms with Crippen LogP contribution in [0.1, 0.15) is 48.0 Å². The van der Waals surface area contributed by atoms with Gasteiger partial charge in [0.25, 0.3) is 0 Å². The molecule has 0 amide bonds. The molecular formula is C22H27ClNO2-. The molecule has 3 rings (SSSR count). The fraction of sp³-hybridized carbons (Fsp3) is 0.409. The molecule has 2 aromatic carbocycles. The minimum atomic E-state index is 0. The van der Waals surface area contributed by atoms with E-state index in [1.165, 1.54) is 45.3 Å². The molecule has 3 nitrogen and oxygen atoms in total. The Labute approximate surface area is 162 Å². The summed E-state index contributed by atoms with van der Waals surface area (Å²) in [5.41, 5.74) is 1.41. The first-order valence-electron chi connectivity index (χ1n) is 9.38. The first-order valence-corrected chi connectivity index (χ1v) is 9.38. The average molecular weight is 373 g/mol. The predicted molar refractivity (Wildman–Crippen MR) is 101 cm³/mol. The summed E-state index contributed by atoms with van der Waals surface area (Å²) >= 11 is 0. The van der Waals surface area contributed by atoms with Crippen LogP contribution in [0.5, 0.6) is 5.75 Å². The monoisotopic (exact) mass is 372 g/mol. The maximum Gasteiger partial charge on any atom is 0.193 e. The SMILES string of the molecule is O=C(c1ccccc1)c1ccc(OCCCCN2CCCCC2)cc1.[Cl-]. The quantitative estimate of drug-likeness (QED) is 0.520. The van der Waals surface area contributed by atoms with Crippen LogP contribution in [0.2, 0.25) is 0 Å². The summed E-state index contributed by atoms with van der Waals surface area (Å²) in [6, 6.07) is 16.8. The van der Waals surface area contributed by atoms with E-state index in [-0.39, 0.29) is 18.2 Å². The largest absolute Gasteiger partial charge is 1.00 e. The summed E-state index contributed by atoms with van der Waals surface area (Å²) in [5.74, 6) is 0.885. The number of nitrogens with zero attached hydrogens (tertiary/aromatic N) is 1. The van der Waals surface area contributed by atoms with Crippen molar-refractivity contribution in [2.75, 3.05) is 26.2 Å². The van der Waals surface area contributed by atoms with Gasteiger partial charge in [0.05, 0.1) is 6.61 Å². The van der Waals surface area contributed by atoms with Gasteiger partial charge in [0, 0.05) is 11.1 Å². The minimum Gasteiger partial charge on any atom is -1.00 e. The second-order valence-electron chi connectivity index (χ2n) is 6.68. The summed E-state index contributed by atoms with van der Waals surface area (Å²) in [7, 11) is 0. The van der Waals surface area contributed by atoms with Gasteiger partial charge in [-0.15, -0.1) is 0 Å². The molecule has 0 atom stereocenters. The molecule has 2 aromatic rings. The highest BCUT2D eigenvalue weighted by atomic mass is 35.5. The molecule has 1 aliphatic rings. The second-order valence-corrected chi connectivity index (χ2v) is 6.68. The van der Waals surface area contributed by atoms with Crippen molar-refractivity contribution in [2.45, 2.75) is 32.1 Å². The molecule has 0 saturated carbocycles. The Morgan fingerprint density at radius 3 is 2.19 bits per heavy atom. The molecule has 1 aliphatic heterocycles. The predicted octanol–water partition coefficient (Wildman–Crippen LogP) is 1.57. The van der Waals surface area contributed by atoms with Crippen LogP contribution in [0.25, 0.3) is 0 Å². The molecule has 1 fully saturated rings. The number of halogens is 1. The molecule has 0 N–H and O–H groups in total. The Morgan fingerprint density at radius 2 is 1.50 bits per heavy atom. The third-order valence-corrected chi connectivity index (χ3v) is 4.74. The lowest BCUT2D eigenvalue weighted by Gasteiger charge is -2.26. The first-order chi connectivity index (χ1) is 12.3. The number of carbonyl (C=O) groups is 1. The van der Waals surface area contributed by atoms with Crippen molar-refractivity contribution in [2.24, 2.45) is 0 Å². The fourth-order valence-electron chi connectivity index (χ4n) is 3.27. The number of likely N-dealkylation sites (tertiary alicyclic amines) is 1. The second kappa shape index (κ2) is 11.0. The Kier molecular flexibility index (Phi) is 8.66. The number of ether oxygens (including phenoxy) is 1. The average Bonchev–Trinajstić information content (AvgIpc) is 2.69. The van der Waals surface area contributed by atoms with Crippen LogP contribution in [0.4, 0.5) is 0 Å². The van der Waals surface area contributed by atoms with E-state index in [4.69, 9.17) is 4.74 Å². The molecule has 1 saturated heterocycles. The number of carbonyl (C=O) groups excluding carboxylic acids is 1. The highest BCUT2D eigenvalue weighted by molar-refractivity contribution is 6.08. The van der Waals surface area contributed by atoms with Gasteiger partial charge >= 0.3 is 0 Å². The Hall–Kier alpha value is -1.84. The molecule has 26 heavy (non-hydrogen) atoms. The van der Waals surface area contributed by atoms with E-state index in [2.05, 4.69) is 4.90 Å². The van der Waals surface area contributed by atoms with Crippen LogP contribution in [-0.2, 0) is 0 Å². The molecule has 0 spiro atoms. The number of unbranched alkanes of at least 4 members (excludes halogenated alkanes) is 1. The van der Waals surface area contributed by atoms with Gasteiger partial charge in [-0.1, -0.05) is 36.8 Å². The van der Waals surface area contributed by atoms with Crippen molar-refractivity contribution in [3.8, 4) is 5.75 Å². The number of rotatable bonds is 8. The standard InChI is InChI=1S/C22H27NO2.ClH/c24-22(19-9-3-1-4-10-19)20-11-13-21(14-12-20)25-18-8-7-17-23-15-5-2-6-16-23;/h1,3-4,9-14H,2,5-8,15-18H2;1H/p-1. The van der Waals surface area contributed by atoms with Crippen LogP contribution in [0.15, 0.2) is 54.6 Å². The van der Waals surface area contributed by atoms with E-state index in [0.717, 1.165) is 18.8 Å². The zero-order chi connectivity index (χ0) is 17.3. The Balaban J connectivity index is 0.00000243. The summed E-state index contributed by atoms with van der Waals surface area (Å²) in [5, 5.41) is 0. The van der Waals surface area contributed by atoms with Gasteiger partial charge in [-0.2, -0.15) is 0 Å². The molecule has 0 aliphatic carbocycles. The number of hydrogen-bond donors (Lipinski definition) is 0. The molecule has 0 aromatic heterocycles. The van der Waals surface area contributed by atoms with Crippen LogP contribution in [0, 0.1) is 0 Å². The normalized spacial score (nSPS) is 14.5. The van der Waals surface area contributed by atoms with Crippen LogP contribution in [-0.4, -0.2) is 36.9 Å². The minimum absolute atomic E-state index is 0. The maximum absolute atomic E-state index is 12.4. The van der Waals surface area contributed by atoms with E-state index >= 15 is 0 Å².